The van der Waals surface area contributed by atoms with E-state index in [4.69, 9.17) is 5.73 Å². The van der Waals surface area contributed by atoms with Crippen LogP contribution in [-0.4, -0.2) is 50.0 Å². The van der Waals surface area contributed by atoms with E-state index < -0.39 is 15.9 Å². The maximum atomic E-state index is 12.9. The number of para-hydroxylation sites is 1. The first-order valence-electron chi connectivity index (χ1n) is 9.75. The lowest BCUT2D eigenvalue weighted by Gasteiger charge is -2.19. The van der Waals surface area contributed by atoms with Crippen molar-refractivity contribution in [3.63, 3.8) is 0 Å². The molecule has 1 heterocycles. The number of thioether (sulfide) groups is 1. The maximum Gasteiger partial charge on any atom is 0.240 e. The number of nitrogens with one attached hydrogen (secondary N) is 1. The molecule has 6 nitrogen and oxygen atoms in total. The van der Waals surface area contributed by atoms with E-state index in [0.717, 1.165) is 31.0 Å². The fourth-order valence-electron chi connectivity index (χ4n) is 3.23. The monoisotopic (exact) mass is 433 g/mol. The Morgan fingerprint density at radius 3 is 2.55 bits per heavy atom. The molecule has 0 saturated carbocycles. The highest BCUT2D eigenvalue weighted by atomic mass is 32.2. The van der Waals surface area contributed by atoms with E-state index in [1.54, 1.807) is 60.3 Å². The number of hydrogen-bond acceptors (Lipinski definition) is 6. The van der Waals surface area contributed by atoms with Crippen molar-refractivity contribution in [2.24, 2.45) is 5.73 Å². The number of nitrogens with zero attached hydrogens (tertiary/aromatic N) is 1. The number of hydrogen-bond donors (Lipinski definition) is 2. The molecule has 3 N–H and O–H groups in total. The summed E-state index contributed by atoms with van der Waals surface area (Å²) in [5.41, 5.74) is 6.62. The van der Waals surface area contributed by atoms with Gasteiger partial charge in [-0.1, -0.05) is 30.3 Å². The topological polar surface area (TPSA) is 92.5 Å². The van der Waals surface area contributed by atoms with Crippen LogP contribution in [0.15, 0.2) is 64.4 Å². The van der Waals surface area contributed by atoms with Gasteiger partial charge < -0.3 is 16.0 Å². The summed E-state index contributed by atoms with van der Waals surface area (Å²) < 4.78 is 25.9. The van der Waals surface area contributed by atoms with Gasteiger partial charge in [-0.25, -0.2) is 8.42 Å². The lowest BCUT2D eigenvalue weighted by atomic mass is 10.1. The van der Waals surface area contributed by atoms with Crippen LogP contribution >= 0.6 is 11.8 Å². The van der Waals surface area contributed by atoms with Crippen molar-refractivity contribution >= 4 is 33.2 Å². The molecule has 1 atom stereocenters. The Bertz CT molecular complexity index is 914. The normalized spacial score (nSPS) is 15.3. The predicted molar refractivity (Wildman–Crippen MR) is 118 cm³/mol. The molecule has 2 aromatic carbocycles. The molecule has 3 rings (SSSR count). The molecule has 1 aliphatic rings. The molecule has 2 aromatic rings. The molecular weight excluding hydrogens is 406 g/mol. The zero-order valence-electron chi connectivity index (χ0n) is 16.3. The van der Waals surface area contributed by atoms with E-state index >= 15 is 0 Å². The van der Waals surface area contributed by atoms with E-state index in [2.05, 4.69) is 5.32 Å². The fourth-order valence-corrected chi connectivity index (χ4v) is 5.64. The molecule has 156 valence electrons. The van der Waals surface area contributed by atoms with Gasteiger partial charge in [0.25, 0.3) is 0 Å². The number of amides is 1. The number of sulfone groups is 1. The Morgan fingerprint density at radius 2 is 1.83 bits per heavy atom. The Labute approximate surface area is 176 Å². The van der Waals surface area contributed by atoms with Gasteiger partial charge in [0.05, 0.1) is 27.4 Å². The van der Waals surface area contributed by atoms with Crippen LogP contribution in [0.3, 0.4) is 0 Å². The second-order valence-corrected chi connectivity index (χ2v) is 9.97. The first-order chi connectivity index (χ1) is 14.0. The lowest BCUT2D eigenvalue weighted by molar-refractivity contribution is -0.131. The third-order valence-corrected chi connectivity index (χ3v) is 7.66. The van der Waals surface area contributed by atoms with Gasteiger partial charge in [-0.2, -0.15) is 0 Å². The summed E-state index contributed by atoms with van der Waals surface area (Å²) >= 11 is 1.75. The molecule has 1 amide bonds. The number of unbranched alkanes of at least 4 members (excludes halogenated alkanes) is 1. The van der Waals surface area contributed by atoms with Crippen molar-refractivity contribution in [1.29, 1.82) is 0 Å². The number of nitrogens with two attached hydrogens (primary N) is 1. The standard InChI is InChI=1S/C21H27N3O3S2/c22-18(21(25)24-14-15-28-16-24)10-6-7-13-23-19-11-4-5-12-20(19)29(26,27)17-8-2-1-3-9-17/h1-5,8-9,11-12,18,23H,6-7,10,13-16,22H2. The number of carbonyl (C=O) groups is 1. The number of rotatable bonds is 9. The second kappa shape index (κ2) is 10.1. The third kappa shape index (κ3) is 5.52. The van der Waals surface area contributed by atoms with E-state index in [-0.39, 0.29) is 15.7 Å². The molecule has 0 aromatic heterocycles. The fraction of sp³-hybridized carbons (Fsp3) is 0.381. The summed E-state index contributed by atoms with van der Waals surface area (Å²) in [5.74, 6) is 1.75. The van der Waals surface area contributed by atoms with Crippen molar-refractivity contribution < 1.29 is 13.2 Å². The molecule has 1 fully saturated rings. The highest BCUT2D eigenvalue weighted by Crippen LogP contribution is 2.27. The molecule has 29 heavy (non-hydrogen) atoms. The summed E-state index contributed by atoms with van der Waals surface area (Å²) in [4.78, 5) is 14.6. The number of carbonyl (C=O) groups excluding carboxylic acids is 1. The van der Waals surface area contributed by atoms with Crippen LogP contribution in [0, 0.1) is 0 Å². The summed E-state index contributed by atoms with van der Waals surface area (Å²) in [5, 5.41) is 3.23. The SMILES string of the molecule is NC(CCCCNc1ccccc1S(=O)(=O)c1ccccc1)C(=O)N1CCSC1. The summed E-state index contributed by atoms with van der Waals surface area (Å²) in [6.45, 7) is 1.40. The van der Waals surface area contributed by atoms with Gasteiger partial charge in [-0.05, 0) is 43.5 Å². The molecule has 0 bridgehead atoms. The molecule has 8 heteroatoms. The summed E-state index contributed by atoms with van der Waals surface area (Å²) in [6, 6.07) is 14.9. The minimum Gasteiger partial charge on any atom is -0.384 e. The van der Waals surface area contributed by atoms with Crippen molar-refractivity contribution in [3.8, 4) is 0 Å². The Morgan fingerprint density at radius 1 is 1.10 bits per heavy atom. The van der Waals surface area contributed by atoms with E-state index in [1.165, 1.54) is 0 Å². The minimum atomic E-state index is -3.58. The largest absolute Gasteiger partial charge is 0.384 e. The van der Waals surface area contributed by atoms with Crippen molar-refractivity contribution in [1.82, 2.24) is 4.90 Å². The van der Waals surface area contributed by atoms with Gasteiger partial charge in [-0.3, -0.25) is 4.79 Å². The van der Waals surface area contributed by atoms with Crippen molar-refractivity contribution in [2.45, 2.75) is 35.1 Å². The second-order valence-electron chi connectivity index (χ2n) is 6.98. The maximum absolute atomic E-state index is 12.9. The number of anilines is 1. The smallest absolute Gasteiger partial charge is 0.240 e. The summed E-state index contributed by atoms with van der Waals surface area (Å²) in [7, 11) is -3.58. The number of benzene rings is 2. The lowest BCUT2D eigenvalue weighted by Crippen LogP contribution is -2.42. The van der Waals surface area contributed by atoms with Crippen LogP contribution in [0.1, 0.15) is 19.3 Å². The van der Waals surface area contributed by atoms with Gasteiger partial charge in [-0.15, -0.1) is 11.8 Å². The molecule has 1 unspecified atom stereocenters. The van der Waals surface area contributed by atoms with Gasteiger partial charge in [0, 0.05) is 18.8 Å². The first-order valence-corrected chi connectivity index (χ1v) is 12.4. The van der Waals surface area contributed by atoms with E-state index in [1.807, 2.05) is 11.0 Å². The van der Waals surface area contributed by atoms with Crippen LogP contribution in [0.2, 0.25) is 0 Å². The average Bonchev–Trinajstić information content (AvgIpc) is 3.28. The van der Waals surface area contributed by atoms with E-state index in [9.17, 15) is 13.2 Å². The molecule has 1 saturated heterocycles. The average molecular weight is 434 g/mol. The highest BCUT2D eigenvalue weighted by Gasteiger charge is 2.23. The Hall–Kier alpha value is -2.03. The van der Waals surface area contributed by atoms with Crippen LogP contribution < -0.4 is 11.1 Å². The zero-order chi connectivity index (χ0) is 20.7. The van der Waals surface area contributed by atoms with Crippen LogP contribution in [-0.2, 0) is 14.6 Å². The summed E-state index contributed by atoms with van der Waals surface area (Å²) in [6.07, 6.45) is 2.23. The van der Waals surface area contributed by atoms with Gasteiger partial charge >= 0.3 is 0 Å². The predicted octanol–water partition coefficient (Wildman–Crippen LogP) is 2.96. The zero-order valence-corrected chi connectivity index (χ0v) is 17.9. The molecular formula is C21H27N3O3S2. The van der Waals surface area contributed by atoms with Crippen molar-refractivity contribution in [2.75, 3.05) is 30.0 Å². The van der Waals surface area contributed by atoms with Gasteiger partial charge in [0.1, 0.15) is 0 Å². The Kier molecular flexibility index (Phi) is 7.57. The van der Waals surface area contributed by atoms with Crippen LogP contribution in [0.5, 0.6) is 0 Å². The van der Waals surface area contributed by atoms with Crippen molar-refractivity contribution in [3.05, 3.63) is 54.6 Å². The minimum absolute atomic E-state index is 0.0299. The molecule has 0 radical (unpaired) electrons. The third-order valence-electron chi connectivity index (χ3n) is 4.87. The van der Waals surface area contributed by atoms with Crippen LogP contribution in [0.25, 0.3) is 0 Å². The quantitative estimate of drug-likeness (QED) is 0.591. The van der Waals surface area contributed by atoms with E-state index in [0.29, 0.717) is 18.7 Å². The Balaban J connectivity index is 1.52. The van der Waals surface area contributed by atoms with Crippen LogP contribution in [0.4, 0.5) is 5.69 Å². The molecule has 1 aliphatic heterocycles. The van der Waals surface area contributed by atoms with Gasteiger partial charge in [0.15, 0.2) is 0 Å². The molecule has 0 spiro atoms. The highest BCUT2D eigenvalue weighted by molar-refractivity contribution is 7.99. The molecule has 0 aliphatic carbocycles. The van der Waals surface area contributed by atoms with Gasteiger partial charge in [0.2, 0.25) is 15.7 Å². The first kappa shape index (κ1) is 21.7.